The molecule has 6 nitrogen and oxygen atoms in total. The Morgan fingerprint density at radius 2 is 1.88 bits per heavy atom. The summed E-state index contributed by atoms with van der Waals surface area (Å²) in [6.07, 6.45) is 4.25. The highest BCUT2D eigenvalue weighted by Crippen LogP contribution is 2.34. The number of sulfone groups is 1. The third kappa shape index (κ3) is 4.63. The second-order valence-electron chi connectivity index (χ2n) is 7.20. The largest absolute Gasteiger partial charge is 0.481 e. The zero-order valence-electron chi connectivity index (χ0n) is 15.3. The number of benzene rings is 1. The highest BCUT2D eigenvalue weighted by atomic mass is 32.2. The maximum atomic E-state index is 12.6. The average Bonchev–Trinajstić information content (AvgIpc) is 2.60. The van der Waals surface area contributed by atoms with Gasteiger partial charge in [-0.05, 0) is 50.5 Å². The van der Waals surface area contributed by atoms with Crippen LogP contribution in [0.2, 0.25) is 0 Å². The van der Waals surface area contributed by atoms with E-state index in [0.717, 1.165) is 19.3 Å². The zero-order chi connectivity index (χ0) is 19.4. The van der Waals surface area contributed by atoms with Gasteiger partial charge in [-0.2, -0.15) is 0 Å². The van der Waals surface area contributed by atoms with Crippen LogP contribution < -0.4 is 5.32 Å². The van der Waals surface area contributed by atoms with E-state index in [1.807, 2.05) is 6.92 Å². The second-order valence-corrected chi connectivity index (χ2v) is 9.31. The van der Waals surface area contributed by atoms with Gasteiger partial charge in [0.25, 0.3) is 5.91 Å². The number of nitrogens with one attached hydrogen (secondary N) is 1. The van der Waals surface area contributed by atoms with Gasteiger partial charge in [0.1, 0.15) is 0 Å². The minimum atomic E-state index is -3.33. The van der Waals surface area contributed by atoms with Crippen molar-refractivity contribution in [1.29, 1.82) is 0 Å². The number of hydrogen-bond donors (Lipinski definition) is 2. The van der Waals surface area contributed by atoms with Crippen LogP contribution in [0.15, 0.2) is 29.2 Å². The molecule has 144 valence electrons. The molecule has 1 aromatic rings. The van der Waals surface area contributed by atoms with E-state index in [-0.39, 0.29) is 16.6 Å². The molecule has 1 saturated carbocycles. The van der Waals surface area contributed by atoms with Crippen molar-refractivity contribution in [3.05, 3.63) is 29.8 Å². The third-order valence-corrected chi connectivity index (χ3v) is 6.96. The molecule has 2 N–H and O–H groups in total. The summed E-state index contributed by atoms with van der Waals surface area (Å²) in [6, 6.07) is 5.85. The first-order chi connectivity index (χ1) is 12.2. The second kappa shape index (κ2) is 8.20. The number of carbonyl (C=O) groups excluding carboxylic acids is 1. The van der Waals surface area contributed by atoms with E-state index < -0.39 is 27.3 Å². The van der Waals surface area contributed by atoms with Gasteiger partial charge in [0, 0.05) is 5.56 Å². The van der Waals surface area contributed by atoms with E-state index in [1.165, 1.54) is 24.3 Å². The fourth-order valence-electron chi connectivity index (χ4n) is 3.48. The molecule has 0 aliphatic heterocycles. The maximum Gasteiger partial charge on any atom is 0.308 e. The zero-order valence-corrected chi connectivity index (χ0v) is 16.1. The monoisotopic (exact) mass is 381 g/mol. The molecule has 0 aromatic heterocycles. The van der Waals surface area contributed by atoms with Crippen LogP contribution in [0.25, 0.3) is 0 Å². The number of unbranched alkanes of at least 4 members (excludes halogenated alkanes) is 1. The number of carboxylic acids is 1. The summed E-state index contributed by atoms with van der Waals surface area (Å²) in [5.41, 5.74) is -0.470. The van der Waals surface area contributed by atoms with Crippen molar-refractivity contribution in [3.8, 4) is 0 Å². The van der Waals surface area contributed by atoms with Crippen molar-refractivity contribution in [2.24, 2.45) is 5.92 Å². The summed E-state index contributed by atoms with van der Waals surface area (Å²) < 4.78 is 24.4. The Morgan fingerprint density at radius 3 is 2.46 bits per heavy atom. The number of aliphatic carboxylic acids is 1. The van der Waals surface area contributed by atoms with Crippen LogP contribution in [0.5, 0.6) is 0 Å². The van der Waals surface area contributed by atoms with Crippen LogP contribution in [-0.2, 0) is 14.6 Å². The van der Waals surface area contributed by atoms with Crippen molar-refractivity contribution in [2.75, 3.05) is 5.75 Å². The van der Waals surface area contributed by atoms with E-state index in [2.05, 4.69) is 5.32 Å². The molecule has 0 heterocycles. The molecule has 1 aliphatic rings. The summed E-state index contributed by atoms with van der Waals surface area (Å²) in [7, 11) is -3.33. The standard InChI is InChI=1S/C19H27NO5S/c1-3-4-13-26(24,25)15-10-8-14(9-11-15)17(21)20-19(2)12-6-5-7-16(19)18(22)23/h8-11,16H,3-7,12-13H2,1-2H3,(H,20,21)(H,22,23). The molecule has 7 heteroatoms. The molecule has 0 bridgehead atoms. The molecule has 1 aliphatic carbocycles. The normalized spacial score (nSPS) is 23.4. The highest BCUT2D eigenvalue weighted by molar-refractivity contribution is 7.91. The lowest BCUT2D eigenvalue weighted by Crippen LogP contribution is -2.55. The Bertz CT molecular complexity index is 757. The van der Waals surface area contributed by atoms with Gasteiger partial charge in [0.05, 0.1) is 22.1 Å². The van der Waals surface area contributed by atoms with Crippen LogP contribution >= 0.6 is 0 Å². The molecule has 26 heavy (non-hydrogen) atoms. The Morgan fingerprint density at radius 1 is 1.23 bits per heavy atom. The highest BCUT2D eigenvalue weighted by Gasteiger charge is 2.42. The third-order valence-electron chi connectivity index (χ3n) is 5.15. The summed E-state index contributed by atoms with van der Waals surface area (Å²) in [5.74, 6) is -1.80. The van der Waals surface area contributed by atoms with Crippen LogP contribution in [0.4, 0.5) is 0 Å². The van der Waals surface area contributed by atoms with Gasteiger partial charge in [-0.15, -0.1) is 0 Å². The van der Waals surface area contributed by atoms with E-state index in [0.29, 0.717) is 24.8 Å². The Hall–Kier alpha value is -1.89. The van der Waals surface area contributed by atoms with Gasteiger partial charge in [0.2, 0.25) is 0 Å². The SMILES string of the molecule is CCCCS(=O)(=O)c1ccc(C(=O)NC2(C)CCCCC2C(=O)O)cc1. The maximum absolute atomic E-state index is 12.6. The fraction of sp³-hybridized carbons (Fsp3) is 0.579. The summed E-state index contributed by atoms with van der Waals surface area (Å²) in [6.45, 7) is 3.70. The van der Waals surface area contributed by atoms with Gasteiger partial charge in [-0.25, -0.2) is 8.42 Å². The number of rotatable bonds is 7. The molecule has 1 amide bonds. The Labute approximate surface area is 154 Å². The van der Waals surface area contributed by atoms with Crippen LogP contribution in [0.3, 0.4) is 0 Å². The molecule has 2 unspecified atom stereocenters. The van der Waals surface area contributed by atoms with Crippen molar-refractivity contribution < 1.29 is 23.1 Å². The van der Waals surface area contributed by atoms with Crippen molar-refractivity contribution in [1.82, 2.24) is 5.32 Å². The van der Waals surface area contributed by atoms with E-state index in [1.54, 1.807) is 6.92 Å². The molecule has 0 saturated heterocycles. The Balaban J connectivity index is 2.13. The minimum absolute atomic E-state index is 0.0907. The number of carboxylic acid groups (broad SMARTS) is 1. The molecular formula is C19H27NO5S. The quantitative estimate of drug-likeness (QED) is 0.756. The number of amides is 1. The fourth-order valence-corrected chi connectivity index (χ4v) is 4.93. The Kier molecular flexibility index (Phi) is 6.44. The van der Waals surface area contributed by atoms with Crippen LogP contribution in [-0.4, -0.2) is 36.7 Å². The first-order valence-electron chi connectivity index (χ1n) is 9.08. The molecule has 2 rings (SSSR count). The molecular weight excluding hydrogens is 354 g/mol. The van der Waals surface area contributed by atoms with Gasteiger partial charge in [-0.3, -0.25) is 9.59 Å². The summed E-state index contributed by atoms with van der Waals surface area (Å²) in [5, 5.41) is 12.3. The lowest BCUT2D eigenvalue weighted by Gasteiger charge is -2.39. The van der Waals surface area contributed by atoms with E-state index in [9.17, 15) is 23.1 Å². The van der Waals surface area contributed by atoms with Crippen molar-refractivity contribution in [2.45, 2.75) is 62.8 Å². The molecule has 0 spiro atoms. The smallest absolute Gasteiger partial charge is 0.308 e. The van der Waals surface area contributed by atoms with E-state index >= 15 is 0 Å². The van der Waals surface area contributed by atoms with Gasteiger partial charge < -0.3 is 10.4 Å². The predicted octanol–water partition coefficient (Wildman–Crippen LogP) is 3.02. The average molecular weight is 381 g/mol. The van der Waals surface area contributed by atoms with Crippen molar-refractivity contribution >= 4 is 21.7 Å². The number of hydrogen-bond acceptors (Lipinski definition) is 4. The lowest BCUT2D eigenvalue weighted by atomic mass is 9.73. The van der Waals surface area contributed by atoms with Crippen molar-refractivity contribution in [3.63, 3.8) is 0 Å². The number of carbonyl (C=O) groups is 2. The first-order valence-corrected chi connectivity index (χ1v) is 10.7. The summed E-state index contributed by atoms with van der Waals surface area (Å²) in [4.78, 5) is 24.3. The summed E-state index contributed by atoms with van der Waals surface area (Å²) >= 11 is 0. The minimum Gasteiger partial charge on any atom is -0.481 e. The van der Waals surface area contributed by atoms with Gasteiger partial charge in [0.15, 0.2) is 9.84 Å². The molecule has 0 radical (unpaired) electrons. The van der Waals surface area contributed by atoms with E-state index in [4.69, 9.17) is 0 Å². The van der Waals surface area contributed by atoms with Crippen LogP contribution in [0, 0.1) is 5.92 Å². The molecule has 1 fully saturated rings. The molecule has 1 aromatic carbocycles. The van der Waals surface area contributed by atoms with Gasteiger partial charge in [-0.1, -0.05) is 26.2 Å². The van der Waals surface area contributed by atoms with Gasteiger partial charge >= 0.3 is 5.97 Å². The molecule has 2 atom stereocenters. The van der Waals surface area contributed by atoms with Crippen LogP contribution in [0.1, 0.15) is 62.7 Å². The lowest BCUT2D eigenvalue weighted by molar-refractivity contribution is -0.145. The topological polar surface area (TPSA) is 101 Å². The first kappa shape index (κ1) is 20.4. The predicted molar refractivity (Wildman–Crippen MR) is 98.9 cm³/mol.